The van der Waals surface area contributed by atoms with Gasteiger partial charge in [0.25, 0.3) is 5.91 Å². The molecule has 1 fully saturated rings. The minimum absolute atomic E-state index is 0.132. The highest BCUT2D eigenvalue weighted by molar-refractivity contribution is 7.98. The molecule has 3 N–H and O–H groups in total. The van der Waals surface area contributed by atoms with Gasteiger partial charge in [-0.25, -0.2) is 4.79 Å². The van der Waals surface area contributed by atoms with Gasteiger partial charge in [-0.1, -0.05) is 0 Å². The zero-order valence-electron chi connectivity index (χ0n) is 13.8. The molecule has 1 atom stereocenters. The first kappa shape index (κ1) is 20.3. The Morgan fingerprint density at radius 3 is 2.75 bits per heavy atom. The number of amides is 1. The lowest BCUT2D eigenvalue weighted by Crippen LogP contribution is -2.42. The van der Waals surface area contributed by atoms with Gasteiger partial charge >= 0.3 is 5.97 Å². The molecule has 9 heteroatoms. The van der Waals surface area contributed by atoms with Crippen molar-refractivity contribution in [3.63, 3.8) is 0 Å². The number of nitriles is 1. The van der Waals surface area contributed by atoms with Crippen LogP contribution in [-0.2, 0) is 14.3 Å². The van der Waals surface area contributed by atoms with E-state index in [-0.39, 0.29) is 5.57 Å². The molecule has 0 radical (unpaired) electrons. The highest BCUT2D eigenvalue weighted by Gasteiger charge is 2.21. The standard InChI is InChI=1S/C15H24N4O4S/c1-24-9-2-13(15(21)22)18-14(20)12(10-16)11-17-3-4-19-5-7-23-8-6-19/h11,13,17H,2-9H2,1H3,(H,18,20)(H,21,22)/b12-11-. The smallest absolute Gasteiger partial charge is 0.326 e. The third-order valence-electron chi connectivity index (χ3n) is 3.50. The number of ether oxygens (including phenoxy) is 1. The van der Waals surface area contributed by atoms with Gasteiger partial charge in [0.15, 0.2) is 0 Å². The first-order valence-electron chi connectivity index (χ1n) is 7.74. The van der Waals surface area contributed by atoms with E-state index in [1.165, 1.54) is 18.0 Å². The molecular formula is C15H24N4O4S. The first-order valence-corrected chi connectivity index (χ1v) is 9.14. The molecule has 0 aliphatic carbocycles. The Labute approximate surface area is 146 Å². The monoisotopic (exact) mass is 356 g/mol. The number of hydrogen-bond donors (Lipinski definition) is 3. The molecule has 1 heterocycles. The van der Waals surface area contributed by atoms with E-state index in [1.807, 2.05) is 6.26 Å². The average molecular weight is 356 g/mol. The number of aliphatic carboxylic acids is 1. The summed E-state index contributed by atoms with van der Waals surface area (Å²) in [5, 5.41) is 23.5. The van der Waals surface area contributed by atoms with Crippen molar-refractivity contribution in [2.75, 3.05) is 51.4 Å². The van der Waals surface area contributed by atoms with Gasteiger partial charge in [0.05, 0.1) is 13.2 Å². The number of carboxylic acid groups (broad SMARTS) is 1. The summed E-state index contributed by atoms with van der Waals surface area (Å²) in [6.07, 6.45) is 3.51. The van der Waals surface area contributed by atoms with E-state index >= 15 is 0 Å². The van der Waals surface area contributed by atoms with Crippen molar-refractivity contribution in [2.45, 2.75) is 12.5 Å². The van der Waals surface area contributed by atoms with Crippen molar-refractivity contribution in [1.82, 2.24) is 15.5 Å². The average Bonchev–Trinajstić information content (AvgIpc) is 2.59. The molecular weight excluding hydrogens is 332 g/mol. The molecule has 0 spiro atoms. The Morgan fingerprint density at radius 2 is 2.17 bits per heavy atom. The summed E-state index contributed by atoms with van der Waals surface area (Å²) < 4.78 is 5.26. The topological polar surface area (TPSA) is 115 Å². The molecule has 1 unspecified atom stereocenters. The van der Waals surface area contributed by atoms with Gasteiger partial charge < -0.3 is 20.5 Å². The molecule has 0 bridgehead atoms. The van der Waals surface area contributed by atoms with Crippen LogP contribution in [0.4, 0.5) is 0 Å². The van der Waals surface area contributed by atoms with Crippen LogP contribution < -0.4 is 10.6 Å². The molecule has 134 valence electrons. The van der Waals surface area contributed by atoms with Crippen LogP contribution >= 0.6 is 11.8 Å². The van der Waals surface area contributed by atoms with Crippen molar-refractivity contribution in [2.24, 2.45) is 0 Å². The van der Waals surface area contributed by atoms with E-state index in [1.54, 1.807) is 6.07 Å². The highest BCUT2D eigenvalue weighted by Crippen LogP contribution is 2.02. The second-order valence-electron chi connectivity index (χ2n) is 5.22. The van der Waals surface area contributed by atoms with Gasteiger partial charge in [-0.15, -0.1) is 0 Å². The molecule has 8 nitrogen and oxygen atoms in total. The lowest BCUT2D eigenvalue weighted by atomic mass is 10.2. The summed E-state index contributed by atoms with van der Waals surface area (Å²) >= 11 is 1.50. The molecule has 1 saturated heterocycles. The van der Waals surface area contributed by atoms with Gasteiger partial charge in [0, 0.05) is 32.4 Å². The molecule has 0 aromatic heterocycles. The van der Waals surface area contributed by atoms with E-state index in [0.717, 1.165) is 19.6 Å². The van der Waals surface area contributed by atoms with Crippen molar-refractivity contribution in [3.05, 3.63) is 11.8 Å². The highest BCUT2D eigenvalue weighted by atomic mass is 32.2. The van der Waals surface area contributed by atoms with E-state index in [9.17, 15) is 9.59 Å². The number of carboxylic acids is 1. The third kappa shape index (κ3) is 7.68. The van der Waals surface area contributed by atoms with Crippen LogP contribution in [0.3, 0.4) is 0 Å². The van der Waals surface area contributed by atoms with Crippen molar-refractivity contribution in [1.29, 1.82) is 5.26 Å². The maximum Gasteiger partial charge on any atom is 0.326 e. The van der Waals surface area contributed by atoms with Crippen LogP contribution in [0.15, 0.2) is 11.8 Å². The molecule has 1 amide bonds. The number of rotatable bonds is 10. The summed E-state index contributed by atoms with van der Waals surface area (Å²) in [5.41, 5.74) is -0.132. The second-order valence-corrected chi connectivity index (χ2v) is 6.21. The molecule has 1 aliphatic heterocycles. The van der Waals surface area contributed by atoms with Crippen molar-refractivity contribution in [3.8, 4) is 6.07 Å². The zero-order chi connectivity index (χ0) is 17.8. The quantitative estimate of drug-likeness (QED) is 0.276. The number of nitrogens with zero attached hydrogens (tertiary/aromatic N) is 2. The Balaban J connectivity index is 2.43. The summed E-state index contributed by atoms with van der Waals surface area (Å²) in [6, 6.07) is 0.805. The Hall–Kier alpha value is -1.76. The van der Waals surface area contributed by atoms with Crippen LogP contribution in [0.5, 0.6) is 0 Å². The number of carbonyl (C=O) groups excluding carboxylic acids is 1. The Bertz CT molecular complexity index is 486. The van der Waals surface area contributed by atoms with E-state index in [0.29, 0.717) is 31.9 Å². The minimum atomic E-state index is -1.10. The number of thioether (sulfide) groups is 1. The fourth-order valence-corrected chi connectivity index (χ4v) is 2.57. The second kappa shape index (κ2) is 11.7. The lowest BCUT2D eigenvalue weighted by Gasteiger charge is -2.26. The third-order valence-corrected chi connectivity index (χ3v) is 4.15. The summed E-state index contributed by atoms with van der Waals surface area (Å²) in [4.78, 5) is 25.4. The van der Waals surface area contributed by atoms with Crippen molar-refractivity contribution >= 4 is 23.6 Å². The maximum atomic E-state index is 12.0. The maximum absolute atomic E-state index is 12.0. The summed E-state index contributed by atoms with van der Waals surface area (Å²) in [5.74, 6) is -1.17. The molecule has 0 aromatic carbocycles. The molecule has 0 aromatic rings. The van der Waals surface area contributed by atoms with Crippen LogP contribution in [-0.4, -0.2) is 79.3 Å². The van der Waals surface area contributed by atoms with E-state index in [2.05, 4.69) is 15.5 Å². The van der Waals surface area contributed by atoms with Gasteiger partial charge in [-0.05, 0) is 18.4 Å². The molecule has 0 saturated carbocycles. The fraction of sp³-hybridized carbons (Fsp3) is 0.667. The number of carbonyl (C=O) groups is 2. The summed E-state index contributed by atoms with van der Waals surface area (Å²) in [7, 11) is 0. The first-order chi connectivity index (χ1) is 11.6. The van der Waals surface area contributed by atoms with Gasteiger partial charge in [-0.3, -0.25) is 9.69 Å². The normalized spacial score (nSPS) is 16.9. The van der Waals surface area contributed by atoms with Crippen LogP contribution in [0.1, 0.15) is 6.42 Å². The van der Waals surface area contributed by atoms with Crippen LogP contribution in [0.25, 0.3) is 0 Å². The summed E-state index contributed by atoms with van der Waals surface area (Å²) in [6.45, 7) is 4.54. The van der Waals surface area contributed by atoms with Crippen LogP contribution in [0.2, 0.25) is 0 Å². The van der Waals surface area contributed by atoms with E-state index in [4.69, 9.17) is 15.1 Å². The molecule has 24 heavy (non-hydrogen) atoms. The number of nitrogens with one attached hydrogen (secondary N) is 2. The van der Waals surface area contributed by atoms with Gasteiger partial charge in [0.2, 0.25) is 0 Å². The lowest BCUT2D eigenvalue weighted by molar-refractivity contribution is -0.141. The van der Waals surface area contributed by atoms with E-state index < -0.39 is 17.9 Å². The van der Waals surface area contributed by atoms with Gasteiger partial charge in [-0.2, -0.15) is 17.0 Å². The van der Waals surface area contributed by atoms with Crippen LogP contribution in [0, 0.1) is 11.3 Å². The predicted molar refractivity (Wildman–Crippen MR) is 91.5 cm³/mol. The minimum Gasteiger partial charge on any atom is -0.480 e. The SMILES string of the molecule is CSCCC(NC(=O)/C(C#N)=C\NCCN1CCOCC1)C(=O)O. The fourth-order valence-electron chi connectivity index (χ4n) is 2.10. The van der Waals surface area contributed by atoms with Gasteiger partial charge in [0.1, 0.15) is 17.7 Å². The predicted octanol–water partition coefficient (Wildman–Crippen LogP) is -0.362. The molecule has 1 aliphatic rings. The Kier molecular flexibility index (Phi) is 9.91. The van der Waals surface area contributed by atoms with Crippen molar-refractivity contribution < 1.29 is 19.4 Å². The largest absolute Gasteiger partial charge is 0.480 e. The number of hydrogen-bond acceptors (Lipinski definition) is 7. The molecule has 1 rings (SSSR count). The zero-order valence-corrected chi connectivity index (χ0v) is 14.6. The number of morpholine rings is 1. The Morgan fingerprint density at radius 1 is 1.46 bits per heavy atom.